The van der Waals surface area contributed by atoms with Gasteiger partial charge in [0.15, 0.2) is 11.2 Å². The van der Waals surface area contributed by atoms with E-state index in [-0.39, 0.29) is 11.2 Å². The third-order valence-electron chi connectivity index (χ3n) is 5.89. The van der Waals surface area contributed by atoms with Gasteiger partial charge in [0.25, 0.3) is 5.56 Å². The predicted molar refractivity (Wildman–Crippen MR) is 123 cm³/mol. The zero-order valence-corrected chi connectivity index (χ0v) is 18.8. The highest BCUT2D eigenvalue weighted by atomic mass is 16.5. The molecule has 0 amide bonds. The van der Waals surface area contributed by atoms with E-state index in [2.05, 4.69) is 18.7 Å². The number of fused-ring (bicyclic) bond motifs is 3. The fraction of sp³-hybridized carbons (Fsp3) is 0.522. The lowest BCUT2D eigenvalue weighted by Crippen LogP contribution is -2.40. The molecular formula is C23H31N5O3. The normalized spacial score (nSPS) is 16.0. The van der Waals surface area contributed by atoms with Crippen molar-refractivity contribution in [2.75, 3.05) is 18.1 Å². The molecule has 1 atom stereocenters. The SMILES string of the molecule is CCCCCn1c(=O)c2c(nc3n2CC(C)CN3c2ccc(OCC)cc2)n(C)c1=O. The van der Waals surface area contributed by atoms with Crippen LogP contribution in [-0.4, -0.2) is 31.8 Å². The summed E-state index contributed by atoms with van der Waals surface area (Å²) in [5, 5.41) is 0. The molecule has 0 bridgehead atoms. The summed E-state index contributed by atoms with van der Waals surface area (Å²) < 4.78 is 10.4. The van der Waals surface area contributed by atoms with Crippen LogP contribution in [0.2, 0.25) is 0 Å². The first kappa shape index (κ1) is 21.2. The topological polar surface area (TPSA) is 74.3 Å². The smallest absolute Gasteiger partial charge is 0.332 e. The lowest BCUT2D eigenvalue weighted by molar-refractivity contribution is 0.340. The Balaban J connectivity index is 1.85. The highest BCUT2D eigenvalue weighted by Crippen LogP contribution is 2.33. The molecule has 2 aromatic heterocycles. The number of hydrogen-bond donors (Lipinski definition) is 0. The molecular weight excluding hydrogens is 394 g/mol. The quantitative estimate of drug-likeness (QED) is 0.543. The van der Waals surface area contributed by atoms with Gasteiger partial charge in [-0.2, -0.15) is 4.98 Å². The molecule has 1 aromatic carbocycles. The molecule has 0 spiro atoms. The molecule has 3 heterocycles. The number of nitrogens with zero attached hydrogens (tertiary/aromatic N) is 5. The molecule has 1 unspecified atom stereocenters. The van der Waals surface area contributed by atoms with Crippen LogP contribution in [-0.2, 0) is 20.1 Å². The van der Waals surface area contributed by atoms with Gasteiger partial charge in [-0.3, -0.25) is 13.9 Å². The Bertz CT molecular complexity index is 1190. The maximum absolute atomic E-state index is 13.3. The molecule has 166 valence electrons. The average molecular weight is 426 g/mol. The lowest BCUT2D eigenvalue weighted by atomic mass is 10.1. The van der Waals surface area contributed by atoms with Crippen LogP contribution in [0.15, 0.2) is 33.9 Å². The van der Waals surface area contributed by atoms with Crippen molar-refractivity contribution >= 4 is 22.8 Å². The largest absolute Gasteiger partial charge is 0.494 e. The lowest BCUT2D eigenvalue weighted by Gasteiger charge is -2.33. The number of unbranched alkanes of at least 4 members (excludes halogenated alkanes) is 2. The summed E-state index contributed by atoms with van der Waals surface area (Å²) in [5.41, 5.74) is 1.40. The van der Waals surface area contributed by atoms with Gasteiger partial charge in [0, 0.05) is 32.4 Å². The molecule has 0 aliphatic carbocycles. The molecule has 1 aliphatic heterocycles. The van der Waals surface area contributed by atoms with E-state index in [0.29, 0.717) is 42.7 Å². The van der Waals surface area contributed by atoms with Gasteiger partial charge >= 0.3 is 5.69 Å². The van der Waals surface area contributed by atoms with Crippen molar-refractivity contribution in [1.29, 1.82) is 0 Å². The number of aromatic nitrogens is 4. The van der Waals surface area contributed by atoms with Crippen LogP contribution < -0.4 is 20.9 Å². The van der Waals surface area contributed by atoms with Gasteiger partial charge in [0.1, 0.15) is 5.75 Å². The number of hydrogen-bond acceptors (Lipinski definition) is 5. The zero-order valence-electron chi connectivity index (χ0n) is 18.8. The first-order valence-corrected chi connectivity index (χ1v) is 11.2. The fourth-order valence-electron chi connectivity index (χ4n) is 4.33. The molecule has 0 N–H and O–H groups in total. The van der Waals surface area contributed by atoms with Crippen molar-refractivity contribution in [3.05, 3.63) is 45.1 Å². The van der Waals surface area contributed by atoms with E-state index in [4.69, 9.17) is 9.72 Å². The van der Waals surface area contributed by atoms with Crippen molar-refractivity contribution in [3.8, 4) is 5.75 Å². The second-order valence-corrected chi connectivity index (χ2v) is 8.34. The number of rotatable bonds is 7. The van der Waals surface area contributed by atoms with Gasteiger partial charge in [-0.25, -0.2) is 4.79 Å². The van der Waals surface area contributed by atoms with Gasteiger partial charge in [0.2, 0.25) is 5.95 Å². The highest BCUT2D eigenvalue weighted by molar-refractivity contribution is 5.77. The minimum absolute atomic E-state index is 0.242. The Morgan fingerprint density at radius 1 is 1.10 bits per heavy atom. The Morgan fingerprint density at radius 2 is 1.84 bits per heavy atom. The van der Waals surface area contributed by atoms with Crippen LogP contribution >= 0.6 is 0 Å². The van der Waals surface area contributed by atoms with Gasteiger partial charge in [-0.1, -0.05) is 26.7 Å². The Kier molecular flexibility index (Phi) is 5.89. The summed E-state index contributed by atoms with van der Waals surface area (Å²) in [6.45, 7) is 8.77. The fourth-order valence-corrected chi connectivity index (χ4v) is 4.33. The number of benzene rings is 1. The van der Waals surface area contributed by atoms with Crippen molar-refractivity contribution in [2.24, 2.45) is 13.0 Å². The number of ether oxygens (including phenoxy) is 1. The van der Waals surface area contributed by atoms with Crippen molar-refractivity contribution in [3.63, 3.8) is 0 Å². The van der Waals surface area contributed by atoms with E-state index in [1.165, 1.54) is 9.13 Å². The minimum atomic E-state index is -0.301. The summed E-state index contributed by atoms with van der Waals surface area (Å²) in [7, 11) is 1.70. The van der Waals surface area contributed by atoms with E-state index in [1.54, 1.807) is 7.05 Å². The summed E-state index contributed by atoms with van der Waals surface area (Å²) in [5.74, 6) is 1.85. The molecule has 8 heteroatoms. The van der Waals surface area contributed by atoms with E-state index in [0.717, 1.165) is 37.2 Å². The molecule has 0 radical (unpaired) electrons. The monoisotopic (exact) mass is 425 g/mol. The predicted octanol–water partition coefficient (Wildman–Crippen LogP) is 3.27. The maximum Gasteiger partial charge on any atom is 0.332 e. The molecule has 0 saturated heterocycles. The zero-order chi connectivity index (χ0) is 22.1. The third kappa shape index (κ3) is 3.75. The van der Waals surface area contributed by atoms with Gasteiger partial charge in [-0.15, -0.1) is 0 Å². The molecule has 1 aliphatic rings. The molecule has 4 rings (SSSR count). The Labute approximate surface area is 181 Å². The number of anilines is 2. The van der Waals surface area contributed by atoms with Crippen LogP contribution in [0.5, 0.6) is 5.75 Å². The molecule has 8 nitrogen and oxygen atoms in total. The summed E-state index contributed by atoms with van der Waals surface area (Å²) in [4.78, 5) is 33.1. The molecule has 31 heavy (non-hydrogen) atoms. The van der Waals surface area contributed by atoms with Crippen LogP contribution in [0.1, 0.15) is 40.0 Å². The standard InChI is InChI=1S/C23H31N5O3/c1-5-7-8-13-26-21(29)19-20(25(4)23(26)30)24-22-27(14-16(3)15-28(19)22)17-9-11-18(12-10-17)31-6-2/h9-12,16H,5-8,13-15H2,1-4H3. The first-order chi connectivity index (χ1) is 15.0. The third-order valence-corrected chi connectivity index (χ3v) is 5.89. The number of imidazole rings is 1. The summed E-state index contributed by atoms with van der Waals surface area (Å²) in [6.07, 6.45) is 2.83. The molecule has 0 fully saturated rings. The van der Waals surface area contributed by atoms with E-state index < -0.39 is 0 Å². The second kappa shape index (κ2) is 8.61. The molecule has 3 aromatic rings. The van der Waals surface area contributed by atoms with Crippen LogP contribution in [0.25, 0.3) is 11.2 Å². The number of aryl methyl sites for hydroxylation is 1. The van der Waals surface area contributed by atoms with Crippen LogP contribution in [0, 0.1) is 5.92 Å². The van der Waals surface area contributed by atoms with E-state index >= 15 is 0 Å². The van der Waals surface area contributed by atoms with Crippen molar-refractivity contribution < 1.29 is 4.74 Å². The van der Waals surface area contributed by atoms with Crippen molar-refractivity contribution in [1.82, 2.24) is 18.7 Å². The Morgan fingerprint density at radius 3 is 2.52 bits per heavy atom. The summed E-state index contributed by atoms with van der Waals surface area (Å²) in [6, 6.07) is 7.91. The maximum atomic E-state index is 13.3. The molecule has 0 saturated carbocycles. The highest BCUT2D eigenvalue weighted by Gasteiger charge is 2.29. The summed E-state index contributed by atoms with van der Waals surface area (Å²) >= 11 is 0. The Hall–Kier alpha value is -3.03. The van der Waals surface area contributed by atoms with Crippen LogP contribution in [0.3, 0.4) is 0 Å². The minimum Gasteiger partial charge on any atom is -0.494 e. The van der Waals surface area contributed by atoms with Gasteiger partial charge in [-0.05, 0) is 43.5 Å². The van der Waals surface area contributed by atoms with E-state index in [9.17, 15) is 9.59 Å². The van der Waals surface area contributed by atoms with Gasteiger partial charge < -0.3 is 14.2 Å². The van der Waals surface area contributed by atoms with Crippen molar-refractivity contribution in [2.45, 2.75) is 53.1 Å². The van der Waals surface area contributed by atoms with E-state index in [1.807, 2.05) is 35.8 Å². The second-order valence-electron chi connectivity index (χ2n) is 8.34. The first-order valence-electron chi connectivity index (χ1n) is 11.2. The average Bonchev–Trinajstić information content (AvgIpc) is 3.14. The van der Waals surface area contributed by atoms with Crippen LogP contribution in [0.4, 0.5) is 11.6 Å². The van der Waals surface area contributed by atoms with Gasteiger partial charge in [0.05, 0.1) is 6.61 Å².